The zero-order chi connectivity index (χ0) is 21.0. The van der Waals surface area contributed by atoms with E-state index in [1.54, 1.807) is 9.80 Å². The van der Waals surface area contributed by atoms with E-state index in [-0.39, 0.29) is 35.8 Å². The van der Waals surface area contributed by atoms with Gasteiger partial charge in [-0.2, -0.15) is 0 Å². The van der Waals surface area contributed by atoms with Crippen LogP contribution in [0.4, 0.5) is 0 Å². The first-order valence-electron chi connectivity index (χ1n) is 9.61. The number of amides is 2. The van der Waals surface area contributed by atoms with Gasteiger partial charge >= 0.3 is 0 Å². The highest BCUT2D eigenvalue weighted by molar-refractivity contribution is 8.26. The number of carbonyl (C=O) groups excluding carboxylic acids is 2. The molecule has 2 fully saturated rings. The van der Waals surface area contributed by atoms with Crippen LogP contribution in [0.25, 0.3) is 6.08 Å². The van der Waals surface area contributed by atoms with Crippen LogP contribution in [0.5, 0.6) is 0 Å². The second-order valence-electron chi connectivity index (χ2n) is 7.08. The van der Waals surface area contributed by atoms with Crippen molar-refractivity contribution in [1.82, 2.24) is 9.80 Å². The van der Waals surface area contributed by atoms with Gasteiger partial charge in [-0.15, -0.1) is 0 Å². The summed E-state index contributed by atoms with van der Waals surface area (Å²) in [5.41, 5.74) is 0.938. The number of carbonyl (C=O) groups is 2. The number of hydrogen-bond acceptors (Lipinski definition) is 6. The molecule has 0 unspecified atom stereocenters. The van der Waals surface area contributed by atoms with Gasteiger partial charge in [0, 0.05) is 25.6 Å². The summed E-state index contributed by atoms with van der Waals surface area (Å²) in [5.74, 6) is -0.0116. The summed E-state index contributed by atoms with van der Waals surface area (Å²) in [6.07, 6.45) is 3.07. The first-order chi connectivity index (χ1) is 13.8. The number of sulfone groups is 1. The molecule has 2 saturated heterocycles. The maximum Gasteiger partial charge on any atom is 0.266 e. The second-order valence-corrected chi connectivity index (χ2v) is 11.0. The number of thiocarbonyl (C=S) groups is 1. The third-order valence-electron chi connectivity index (χ3n) is 5.05. The largest absolute Gasteiger partial charge is 0.339 e. The summed E-state index contributed by atoms with van der Waals surface area (Å²) in [4.78, 5) is 29.0. The highest BCUT2D eigenvalue weighted by Crippen LogP contribution is 2.32. The smallest absolute Gasteiger partial charge is 0.266 e. The molecule has 1 aromatic rings. The van der Waals surface area contributed by atoms with E-state index in [0.717, 1.165) is 5.56 Å². The fourth-order valence-corrected chi connectivity index (χ4v) is 6.62. The molecule has 2 amide bonds. The van der Waals surface area contributed by atoms with E-state index in [2.05, 4.69) is 0 Å². The Bertz CT molecular complexity index is 928. The van der Waals surface area contributed by atoms with Gasteiger partial charge in [0.25, 0.3) is 5.91 Å². The highest BCUT2D eigenvalue weighted by atomic mass is 32.2. The van der Waals surface area contributed by atoms with Gasteiger partial charge in [0.2, 0.25) is 5.91 Å². The molecule has 1 aromatic carbocycles. The minimum absolute atomic E-state index is 0.0472. The Morgan fingerprint density at radius 2 is 2.07 bits per heavy atom. The van der Waals surface area contributed by atoms with E-state index in [1.807, 2.05) is 43.3 Å². The molecule has 0 saturated carbocycles. The molecule has 29 heavy (non-hydrogen) atoms. The third kappa shape index (κ3) is 5.46. The summed E-state index contributed by atoms with van der Waals surface area (Å²) in [7, 11) is -3.04. The van der Waals surface area contributed by atoms with E-state index < -0.39 is 9.84 Å². The molecule has 156 valence electrons. The highest BCUT2D eigenvalue weighted by Gasteiger charge is 2.34. The Hall–Kier alpha value is -1.71. The van der Waals surface area contributed by atoms with Gasteiger partial charge in [0.05, 0.1) is 16.4 Å². The van der Waals surface area contributed by atoms with Gasteiger partial charge in [-0.25, -0.2) is 8.42 Å². The first-order valence-corrected chi connectivity index (χ1v) is 12.7. The molecule has 9 heteroatoms. The van der Waals surface area contributed by atoms with Gasteiger partial charge in [0.1, 0.15) is 4.32 Å². The van der Waals surface area contributed by atoms with Crippen LogP contribution in [-0.4, -0.2) is 65.0 Å². The number of rotatable bonds is 7. The molecule has 1 atom stereocenters. The molecule has 3 rings (SSSR count). The van der Waals surface area contributed by atoms with Crippen molar-refractivity contribution < 1.29 is 18.0 Å². The third-order valence-corrected chi connectivity index (χ3v) is 8.18. The molecule has 0 spiro atoms. The van der Waals surface area contributed by atoms with Crippen molar-refractivity contribution in [3.05, 3.63) is 40.8 Å². The second kappa shape index (κ2) is 9.40. The monoisotopic (exact) mass is 452 g/mol. The van der Waals surface area contributed by atoms with Crippen molar-refractivity contribution in [2.24, 2.45) is 0 Å². The quantitative estimate of drug-likeness (QED) is 0.468. The van der Waals surface area contributed by atoms with Crippen molar-refractivity contribution in [3.63, 3.8) is 0 Å². The predicted octanol–water partition coefficient (Wildman–Crippen LogP) is 2.70. The van der Waals surface area contributed by atoms with Crippen LogP contribution < -0.4 is 0 Å². The molecular formula is C20H24N2O4S3. The zero-order valence-corrected chi connectivity index (χ0v) is 18.7. The van der Waals surface area contributed by atoms with Gasteiger partial charge in [0.15, 0.2) is 9.84 Å². The van der Waals surface area contributed by atoms with Crippen LogP contribution in [0.2, 0.25) is 0 Å². The van der Waals surface area contributed by atoms with Gasteiger partial charge in [-0.1, -0.05) is 54.3 Å². The summed E-state index contributed by atoms with van der Waals surface area (Å²) in [6.45, 7) is 2.72. The van der Waals surface area contributed by atoms with Gasteiger partial charge in [-0.3, -0.25) is 14.5 Å². The van der Waals surface area contributed by atoms with Crippen molar-refractivity contribution in [2.75, 3.05) is 24.6 Å². The lowest BCUT2D eigenvalue weighted by molar-refractivity contribution is -0.133. The first kappa shape index (κ1) is 22.0. The minimum atomic E-state index is -3.04. The Morgan fingerprint density at radius 3 is 2.69 bits per heavy atom. The molecule has 0 aromatic heterocycles. The topological polar surface area (TPSA) is 74.8 Å². The van der Waals surface area contributed by atoms with Gasteiger partial charge < -0.3 is 4.90 Å². The Kier molecular flexibility index (Phi) is 7.13. The lowest BCUT2D eigenvalue weighted by Crippen LogP contribution is -2.41. The maximum absolute atomic E-state index is 12.7. The van der Waals surface area contributed by atoms with Crippen LogP contribution in [-0.2, 0) is 19.4 Å². The molecule has 0 radical (unpaired) electrons. The average molecular weight is 453 g/mol. The van der Waals surface area contributed by atoms with Crippen molar-refractivity contribution in [3.8, 4) is 0 Å². The molecule has 2 aliphatic heterocycles. The predicted molar refractivity (Wildman–Crippen MR) is 120 cm³/mol. The van der Waals surface area contributed by atoms with E-state index in [9.17, 15) is 18.0 Å². The summed E-state index contributed by atoms with van der Waals surface area (Å²) < 4.78 is 23.9. The maximum atomic E-state index is 12.7. The molecule has 0 N–H and O–H groups in total. The SMILES string of the molecule is CCN(C(=O)CCCN1C(=O)/C(=C/c2ccccc2)SC1=S)[C@H]1CCS(=O)(=O)C1. The fraction of sp³-hybridized carbons (Fsp3) is 0.450. The van der Waals surface area contributed by atoms with Crippen LogP contribution in [0.15, 0.2) is 35.2 Å². The van der Waals surface area contributed by atoms with Crippen LogP contribution in [0, 0.1) is 0 Å². The summed E-state index contributed by atoms with van der Waals surface area (Å²) in [5, 5.41) is 0. The standard InChI is InChI=1S/C20H24N2O4S3/c1-2-21(16-10-12-29(25,26)14-16)18(23)9-6-11-22-19(24)17(28-20(22)27)13-15-7-4-3-5-8-15/h3-5,7-8,13,16H,2,6,9-12,14H2,1H3/b17-13-/t16-/m0/s1. The minimum Gasteiger partial charge on any atom is -0.339 e. The number of thioether (sulfide) groups is 1. The fourth-order valence-electron chi connectivity index (χ4n) is 3.58. The molecule has 2 aliphatic rings. The average Bonchev–Trinajstić information content (AvgIpc) is 3.16. The number of nitrogens with zero attached hydrogens (tertiary/aromatic N) is 2. The van der Waals surface area contributed by atoms with E-state index in [1.165, 1.54) is 11.8 Å². The summed E-state index contributed by atoms with van der Waals surface area (Å²) in [6, 6.07) is 9.35. The van der Waals surface area contributed by atoms with E-state index in [4.69, 9.17) is 12.2 Å². The van der Waals surface area contributed by atoms with Gasteiger partial charge in [-0.05, 0) is 31.4 Å². The molecule has 0 bridgehead atoms. The Balaban J connectivity index is 1.54. The molecule has 0 aliphatic carbocycles. The Morgan fingerprint density at radius 1 is 1.34 bits per heavy atom. The van der Waals surface area contributed by atoms with Crippen molar-refractivity contribution >= 4 is 56.0 Å². The number of hydrogen-bond donors (Lipinski definition) is 0. The molecular weight excluding hydrogens is 428 g/mol. The zero-order valence-electron chi connectivity index (χ0n) is 16.2. The molecule has 6 nitrogen and oxygen atoms in total. The normalized spacial score (nSPS) is 22.4. The lowest BCUT2D eigenvalue weighted by Gasteiger charge is -2.27. The van der Waals surface area contributed by atoms with E-state index >= 15 is 0 Å². The van der Waals surface area contributed by atoms with Crippen LogP contribution in [0.1, 0.15) is 31.7 Å². The lowest BCUT2D eigenvalue weighted by atomic mass is 10.2. The Labute approximate surface area is 181 Å². The van der Waals surface area contributed by atoms with Crippen LogP contribution >= 0.6 is 24.0 Å². The van der Waals surface area contributed by atoms with Crippen molar-refractivity contribution in [2.45, 2.75) is 32.2 Å². The number of benzene rings is 1. The van der Waals surface area contributed by atoms with Crippen LogP contribution in [0.3, 0.4) is 0 Å². The molecule has 2 heterocycles. The summed E-state index contributed by atoms with van der Waals surface area (Å²) >= 11 is 6.62. The van der Waals surface area contributed by atoms with Crippen molar-refractivity contribution in [1.29, 1.82) is 0 Å². The van der Waals surface area contributed by atoms with E-state index in [0.29, 0.717) is 35.2 Å².